The van der Waals surface area contributed by atoms with Gasteiger partial charge in [0.1, 0.15) is 5.66 Å². The van der Waals surface area contributed by atoms with Gasteiger partial charge in [-0.1, -0.05) is 12.1 Å². The molecule has 1 aromatic heterocycles. The maximum absolute atomic E-state index is 12.7. The van der Waals surface area contributed by atoms with Crippen molar-refractivity contribution >= 4 is 17.5 Å². The summed E-state index contributed by atoms with van der Waals surface area (Å²) in [4.78, 5) is 30.9. The number of carbonyl (C=O) groups excluding carboxylic acids is 2. The molecule has 1 aromatic carbocycles. The first-order chi connectivity index (χ1) is 11.7. The predicted octanol–water partition coefficient (Wildman–Crippen LogP) is 1.87. The normalized spacial score (nSPS) is 22.5. The van der Waals surface area contributed by atoms with E-state index in [9.17, 15) is 9.59 Å². The first kappa shape index (κ1) is 14.7. The summed E-state index contributed by atoms with van der Waals surface area (Å²) in [5, 5.41) is 6.51. The Kier molecular flexibility index (Phi) is 3.45. The lowest BCUT2D eigenvalue weighted by atomic mass is 9.93. The standard InChI is InChI=1S/C18H18N4O2/c23-16-14-4-1-2-5-15(14)20-18(21-16)8-3-11-22(12-18)17(24)13-6-9-19-10-7-13/h1-2,4-7,9-10,20H,3,8,11-12H2,(H,21,23)/t18-/m0/s1. The third-order valence-corrected chi connectivity index (χ3v) is 4.61. The van der Waals surface area contributed by atoms with Crippen molar-refractivity contribution in [2.45, 2.75) is 18.5 Å². The Hall–Kier alpha value is -2.89. The lowest BCUT2D eigenvalue weighted by Gasteiger charge is -2.46. The van der Waals surface area contributed by atoms with Gasteiger partial charge in [-0.15, -0.1) is 0 Å². The summed E-state index contributed by atoms with van der Waals surface area (Å²) in [6, 6.07) is 10.9. The van der Waals surface area contributed by atoms with Gasteiger partial charge in [0.15, 0.2) is 0 Å². The second-order valence-corrected chi connectivity index (χ2v) is 6.27. The lowest BCUT2D eigenvalue weighted by Crippen LogP contribution is -2.66. The van der Waals surface area contributed by atoms with E-state index in [2.05, 4.69) is 15.6 Å². The molecule has 0 unspecified atom stereocenters. The summed E-state index contributed by atoms with van der Waals surface area (Å²) in [5.41, 5.74) is 1.47. The molecule has 0 radical (unpaired) electrons. The fourth-order valence-corrected chi connectivity index (χ4v) is 3.47. The fraction of sp³-hybridized carbons (Fsp3) is 0.278. The molecule has 2 amide bonds. The van der Waals surface area contributed by atoms with E-state index in [1.165, 1.54) is 0 Å². The van der Waals surface area contributed by atoms with Crippen LogP contribution in [0.5, 0.6) is 0 Å². The highest BCUT2D eigenvalue weighted by molar-refractivity contribution is 6.02. The molecule has 122 valence electrons. The number of nitrogens with zero attached hydrogens (tertiary/aromatic N) is 2. The first-order valence-corrected chi connectivity index (χ1v) is 8.06. The molecule has 1 atom stereocenters. The van der Waals surface area contributed by atoms with Gasteiger partial charge in [0.2, 0.25) is 0 Å². The number of carbonyl (C=O) groups is 2. The molecular formula is C18H18N4O2. The van der Waals surface area contributed by atoms with E-state index in [4.69, 9.17) is 0 Å². The number of para-hydroxylation sites is 1. The van der Waals surface area contributed by atoms with Gasteiger partial charge in [-0.3, -0.25) is 14.6 Å². The van der Waals surface area contributed by atoms with E-state index >= 15 is 0 Å². The van der Waals surface area contributed by atoms with E-state index in [1.807, 2.05) is 18.2 Å². The van der Waals surface area contributed by atoms with Crippen molar-refractivity contribution in [3.8, 4) is 0 Å². The number of hydrogen-bond donors (Lipinski definition) is 2. The molecule has 0 bridgehead atoms. The number of piperidine rings is 1. The van der Waals surface area contributed by atoms with Crippen LogP contribution < -0.4 is 10.6 Å². The highest BCUT2D eigenvalue weighted by atomic mass is 16.2. The zero-order valence-corrected chi connectivity index (χ0v) is 13.2. The van der Waals surface area contributed by atoms with Crippen LogP contribution in [0, 0.1) is 0 Å². The van der Waals surface area contributed by atoms with Crippen molar-refractivity contribution in [3.63, 3.8) is 0 Å². The Bertz CT molecular complexity index is 793. The molecule has 2 N–H and O–H groups in total. The quantitative estimate of drug-likeness (QED) is 0.840. The molecule has 3 heterocycles. The van der Waals surface area contributed by atoms with Gasteiger partial charge in [-0.25, -0.2) is 0 Å². The molecule has 1 saturated heterocycles. The second-order valence-electron chi connectivity index (χ2n) is 6.27. The number of likely N-dealkylation sites (tertiary alicyclic amines) is 1. The van der Waals surface area contributed by atoms with Crippen LogP contribution in [0.2, 0.25) is 0 Å². The van der Waals surface area contributed by atoms with Crippen molar-refractivity contribution in [1.82, 2.24) is 15.2 Å². The minimum absolute atomic E-state index is 0.0358. The Morgan fingerprint density at radius 3 is 2.75 bits per heavy atom. The highest BCUT2D eigenvalue weighted by Crippen LogP contribution is 2.30. The molecule has 2 aliphatic rings. The number of anilines is 1. The minimum Gasteiger partial charge on any atom is -0.361 e. The molecule has 0 saturated carbocycles. The molecule has 24 heavy (non-hydrogen) atoms. The first-order valence-electron chi connectivity index (χ1n) is 8.06. The van der Waals surface area contributed by atoms with Crippen LogP contribution in [-0.2, 0) is 0 Å². The Balaban J connectivity index is 1.59. The summed E-state index contributed by atoms with van der Waals surface area (Å²) in [6.07, 6.45) is 4.84. The molecule has 6 heteroatoms. The van der Waals surface area contributed by atoms with Crippen LogP contribution in [-0.4, -0.2) is 40.5 Å². The van der Waals surface area contributed by atoms with E-state index in [0.29, 0.717) is 24.2 Å². The molecule has 2 aliphatic heterocycles. The minimum atomic E-state index is -0.605. The summed E-state index contributed by atoms with van der Waals surface area (Å²) < 4.78 is 0. The van der Waals surface area contributed by atoms with E-state index in [1.54, 1.807) is 35.5 Å². The van der Waals surface area contributed by atoms with Gasteiger partial charge in [0.25, 0.3) is 11.8 Å². The van der Waals surface area contributed by atoms with Gasteiger partial charge in [-0.05, 0) is 37.1 Å². The number of rotatable bonds is 1. The average molecular weight is 322 g/mol. The summed E-state index contributed by atoms with van der Waals surface area (Å²) in [7, 11) is 0. The third-order valence-electron chi connectivity index (χ3n) is 4.61. The Labute approximate surface area is 139 Å². The predicted molar refractivity (Wildman–Crippen MR) is 89.6 cm³/mol. The molecule has 1 spiro atoms. The Morgan fingerprint density at radius 2 is 1.92 bits per heavy atom. The number of nitrogens with one attached hydrogen (secondary N) is 2. The third kappa shape index (κ3) is 2.50. The maximum atomic E-state index is 12.7. The summed E-state index contributed by atoms with van der Waals surface area (Å²) in [5.74, 6) is -0.131. The van der Waals surface area contributed by atoms with E-state index in [-0.39, 0.29) is 11.8 Å². The summed E-state index contributed by atoms with van der Waals surface area (Å²) >= 11 is 0. The van der Waals surface area contributed by atoms with Crippen LogP contribution in [0.1, 0.15) is 33.6 Å². The van der Waals surface area contributed by atoms with Crippen LogP contribution in [0.4, 0.5) is 5.69 Å². The molecular weight excluding hydrogens is 304 g/mol. The lowest BCUT2D eigenvalue weighted by molar-refractivity contribution is 0.0592. The van der Waals surface area contributed by atoms with Gasteiger partial charge in [0.05, 0.1) is 12.1 Å². The van der Waals surface area contributed by atoms with Crippen molar-refractivity contribution in [2.24, 2.45) is 0 Å². The average Bonchev–Trinajstić information content (AvgIpc) is 2.62. The van der Waals surface area contributed by atoms with Crippen LogP contribution in [0.3, 0.4) is 0 Å². The number of fused-ring (bicyclic) bond motifs is 1. The highest BCUT2D eigenvalue weighted by Gasteiger charge is 2.42. The number of amides is 2. The zero-order chi connectivity index (χ0) is 16.6. The second kappa shape index (κ2) is 5.63. The smallest absolute Gasteiger partial charge is 0.255 e. The van der Waals surface area contributed by atoms with Crippen molar-refractivity contribution in [1.29, 1.82) is 0 Å². The molecule has 6 nitrogen and oxygen atoms in total. The molecule has 0 aliphatic carbocycles. The number of hydrogen-bond acceptors (Lipinski definition) is 4. The molecule has 4 rings (SSSR count). The van der Waals surface area contributed by atoms with Gasteiger partial charge in [0, 0.05) is 30.2 Å². The number of pyridine rings is 1. The largest absolute Gasteiger partial charge is 0.361 e. The molecule has 2 aromatic rings. The van der Waals surface area contributed by atoms with Crippen molar-refractivity contribution in [2.75, 3.05) is 18.4 Å². The van der Waals surface area contributed by atoms with E-state index in [0.717, 1.165) is 18.5 Å². The van der Waals surface area contributed by atoms with Gasteiger partial charge >= 0.3 is 0 Å². The maximum Gasteiger partial charge on any atom is 0.255 e. The Morgan fingerprint density at radius 1 is 1.12 bits per heavy atom. The van der Waals surface area contributed by atoms with Crippen molar-refractivity contribution < 1.29 is 9.59 Å². The number of aromatic nitrogens is 1. The van der Waals surface area contributed by atoms with Crippen LogP contribution in [0.15, 0.2) is 48.8 Å². The molecule has 1 fully saturated rings. The van der Waals surface area contributed by atoms with Gasteiger partial charge < -0.3 is 15.5 Å². The van der Waals surface area contributed by atoms with E-state index < -0.39 is 5.66 Å². The van der Waals surface area contributed by atoms with Crippen LogP contribution in [0.25, 0.3) is 0 Å². The van der Waals surface area contributed by atoms with Crippen molar-refractivity contribution in [3.05, 3.63) is 59.9 Å². The summed E-state index contributed by atoms with van der Waals surface area (Å²) in [6.45, 7) is 1.12. The fourth-order valence-electron chi connectivity index (χ4n) is 3.47. The SMILES string of the molecule is O=C1N[C@]2(CCCN(C(=O)c3ccncc3)C2)Nc2ccccc21. The monoisotopic (exact) mass is 322 g/mol. The zero-order valence-electron chi connectivity index (χ0n) is 13.2. The topological polar surface area (TPSA) is 74.3 Å². The van der Waals surface area contributed by atoms with Gasteiger partial charge in [-0.2, -0.15) is 0 Å². The van der Waals surface area contributed by atoms with Crippen LogP contribution >= 0.6 is 0 Å². The number of benzene rings is 1.